The number of pyridine rings is 1. The summed E-state index contributed by atoms with van der Waals surface area (Å²) < 4.78 is 5.53. The van der Waals surface area contributed by atoms with Crippen LogP contribution in [0.25, 0.3) is 0 Å². The SMILES string of the molecule is COc1c(C)cnc(CN2c3nc(N)ncc3N(CC3CC3)C(=O)[C@H]2C)c1C. The number of nitrogens with two attached hydrogens (primary N) is 1. The van der Waals surface area contributed by atoms with Gasteiger partial charge in [0.05, 0.1) is 25.5 Å². The Kier molecular flexibility index (Phi) is 4.56. The minimum atomic E-state index is -0.367. The number of ether oxygens (including phenoxy) is 1. The van der Waals surface area contributed by atoms with Gasteiger partial charge in [-0.25, -0.2) is 4.98 Å². The minimum Gasteiger partial charge on any atom is -0.496 e. The maximum atomic E-state index is 13.2. The predicted octanol–water partition coefficient (Wildman–Crippen LogP) is 2.23. The molecule has 3 heterocycles. The van der Waals surface area contributed by atoms with Gasteiger partial charge in [-0.15, -0.1) is 0 Å². The Morgan fingerprint density at radius 1 is 1.25 bits per heavy atom. The Labute approximate surface area is 164 Å². The van der Waals surface area contributed by atoms with E-state index in [1.165, 1.54) is 12.8 Å². The molecular formula is C20H26N6O2. The maximum absolute atomic E-state index is 13.2. The standard InChI is InChI=1S/C20H26N6O2/c1-11-7-22-15(12(2)17(11)28-4)10-25-13(3)19(27)26(9-14-5-6-14)16-8-23-20(21)24-18(16)25/h7-8,13-14H,5-6,9-10H2,1-4H3,(H2,21,23,24)/t13-/m1/s1. The van der Waals surface area contributed by atoms with Crippen LogP contribution in [0.3, 0.4) is 0 Å². The number of hydrogen-bond donors (Lipinski definition) is 1. The maximum Gasteiger partial charge on any atom is 0.249 e. The van der Waals surface area contributed by atoms with E-state index in [0.717, 1.165) is 28.3 Å². The van der Waals surface area contributed by atoms with Crippen LogP contribution >= 0.6 is 0 Å². The molecule has 0 saturated heterocycles. The largest absolute Gasteiger partial charge is 0.496 e. The van der Waals surface area contributed by atoms with Crippen LogP contribution in [0.1, 0.15) is 36.6 Å². The zero-order chi connectivity index (χ0) is 20.0. The normalized spacial score (nSPS) is 19.0. The van der Waals surface area contributed by atoms with Gasteiger partial charge in [0.1, 0.15) is 17.5 Å². The Bertz CT molecular complexity index is 927. The summed E-state index contributed by atoms with van der Waals surface area (Å²) in [7, 11) is 1.66. The van der Waals surface area contributed by atoms with E-state index in [4.69, 9.17) is 10.5 Å². The van der Waals surface area contributed by atoms with Crippen LogP contribution in [0.4, 0.5) is 17.5 Å². The summed E-state index contributed by atoms with van der Waals surface area (Å²) in [5.41, 5.74) is 9.40. The monoisotopic (exact) mass is 382 g/mol. The Morgan fingerprint density at radius 3 is 2.68 bits per heavy atom. The predicted molar refractivity (Wildman–Crippen MR) is 107 cm³/mol. The number of hydrogen-bond acceptors (Lipinski definition) is 7. The van der Waals surface area contributed by atoms with E-state index >= 15 is 0 Å². The molecule has 1 atom stereocenters. The van der Waals surface area contributed by atoms with Gasteiger partial charge in [0.2, 0.25) is 11.9 Å². The first kappa shape index (κ1) is 18.5. The van der Waals surface area contributed by atoms with Crippen molar-refractivity contribution >= 4 is 23.4 Å². The van der Waals surface area contributed by atoms with Crippen LogP contribution in [-0.2, 0) is 11.3 Å². The van der Waals surface area contributed by atoms with Gasteiger partial charge < -0.3 is 20.3 Å². The number of nitrogens with zero attached hydrogens (tertiary/aromatic N) is 5. The van der Waals surface area contributed by atoms with Crippen LogP contribution in [-0.4, -0.2) is 40.6 Å². The molecule has 0 bridgehead atoms. The molecule has 1 aliphatic heterocycles. The molecule has 148 valence electrons. The topological polar surface area (TPSA) is 97.5 Å². The van der Waals surface area contributed by atoms with E-state index in [1.807, 2.05) is 30.6 Å². The number of anilines is 3. The van der Waals surface area contributed by atoms with Crippen LogP contribution in [0.2, 0.25) is 0 Å². The van der Waals surface area contributed by atoms with E-state index in [1.54, 1.807) is 19.5 Å². The highest BCUT2D eigenvalue weighted by molar-refractivity contribution is 6.04. The summed E-state index contributed by atoms with van der Waals surface area (Å²) >= 11 is 0. The van der Waals surface area contributed by atoms with Crippen LogP contribution in [0, 0.1) is 19.8 Å². The first-order chi connectivity index (χ1) is 13.4. The number of aryl methyl sites for hydroxylation is 1. The highest BCUT2D eigenvalue weighted by Crippen LogP contribution is 2.39. The van der Waals surface area contributed by atoms with Gasteiger partial charge in [0, 0.05) is 23.9 Å². The van der Waals surface area contributed by atoms with Crippen LogP contribution in [0.5, 0.6) is 5.75 Å². The molecule has 0 spiro atoms. The molecule has 8 heteroatoms. The summed E-state index contributed by atoms with van der Waals surface area (Å²) in [6.45, 7) is 7.02. The van der Waals surface area contributed by atoms with Crippen molar-refractivity contribution in [3.63, 3.8) is 0 Å². The number of methoxy groups -OCH3 is 1. The van der Waals surface area contributed by atoms with E-state index < -0.39 is 0 Å². The van der Waals surface area contributed by atoms with Gasteiger partial charge in [-0.1, -0.05) is 0 Å². The third-order valence-corrected chi connectivity index (χ3v) is 5.63. The molecule has 1 fully saturated rings. The fourth-order valence-electron chi connectivity index (χ4n) is 3.79. The Morgan fingerprint density at radius 2 is 2.00 bits per heavy atom. The van der Waals surface area contributed by atoms with Crippen molar-refractivity contribution in [3.05, 3.63) is 29.2 Å². The number of aromatic nitrogens is 3. The number of carbonyl (C=O) groups excluding carboxylic acids is 1. The van der Waals surface area contributed by atoms with E-state index in [0.29, 0.717) is 24.8 Å². The summed E-state index contributed by atoms with van der Waals surface area (Å²) in [5, 5.41) is 0. The summed E-state index contributed by atoms with van der Waals surface area (Å²) in [6.07, 6.45) is 5.79. The van der Waals surface area contributed by atoms with Gasteiger partial charge in [-0.2, -0.15) is 4.98 Å². The molecule has 2 aromatic rings. The molecule has 28 heavy (non-hydrogen) atoms. The first-order valence-corrected chi connectivity index (χ1v) is 9.60. The molecule has 0 unspecified atom stereocenters. The van der Waals surface area contributed by atoms with Crippen molar-refractivity contribution < 1.29 is 9.53 Å². The molecule has 0 aromatic carbocycles. The Balaban J connectivity index is 1.74. The third kappa shape index (κ3) is 3.12. The second-order valence-corrected chi connectivity index (χ2v) is 7.68. The number of amides is 1. The lowest BCUT2D eigenvalue weighted by atomic mass is 10.1. The number of carbonyl (C=O) groups is 1. The van der Waals surface area contributed by atoms with E-state index in [-0.39, 0.29) is 17.9 Å². The van der Waals surface area contributed by atoms with E-state index in [9.17, 15) is 4.79 Å². The van der Waals surface area contributed by atoms with Crippen molar-refractivity contribution in [2.24, 2.45) is 5.92 Å². The van der Waals surface area contributed by atoms with Crippen LogP contribution < -0.4 is 20.3 Å². The molecular weight excluding hydrogens is 356 g/mol. The average Bonchev–Trinajstić information content (AvgIpc) is 3.48. The number of nitrogen functional groups attached to an aromatic ring is 1. The Hall–Kier alpha value is -2.90. The lowest BCUT2D eigenvalue weighted by Crippen LogP contribution is -2.53. The number of rotatable bonds is 5. The second kappa shape index (κ2) is 6.92. The molecule has 2 aliphatic rings. The molecule has 2 N–H and O–H groups in total. The lowest BCUT2D eigenvalue weighted by Gasteiger charge is -2.40. The van der Waals surface area contributed by atoms with E-state index in [2.05, 4.69) is 15.0 Å². The van der Waals surface area contributed by atoms with Gasteiger partial charge in [-0.05, 0) is 39.5 Å². The zero-order valence-corrected chi connectivity index (χ0v) is 16.8. The van der Waals surface area contributed by atoms with Crippen LogP contribution in [0.15, 0.2) is 12.4 Å². The van der Waals surface area contributed by atoms with Crippen molar-refractivity contribution in [3.8, 4) is 5.75 Å². The van der Waals surface area contributed by atoms with Gasteiger partial charge >= 0.3 is 0 Å². The van der Waals surface area contributed by atoms with Gasteiger partial charge in [0.25, 0.3) is 0 Å². The van der Waals surface area contributed by atoms with Crippen molar-refractivity contribution in [2.75, 3.05) is 29.2 Å². The third-order valence-electron chi connectivity index (χ3n) is 5.63. The molecule has 0 radical (unpaired) electrons. The average molecular weight is 382 g/mol. The lowest BCUT2D eigenvalue weighted by molar-refractivity contribution is -0.120. The molecule has 8 nitrogen and oxygen atoms in total. The fraction of sp³-hybridized carbons (Fsp3) is 0.500. The zero-order valence-electron chi connectivity index (χ0n) is 16.8. The molecule has 4 rings (SSSR count). The molecule has 1 saturated carbocycles. The fourth-order valence-corrected chi connectivity index (χ4v) is 3.79. The minimum absolute atomic E-state index is 0.0597. The number of fused-ring (bicyclic) bond motifs is 1. The molecule has 1 aliphatic carbocycles. The van der Waals surface area contributed by atoms with Gasteiger partial charge in [-0.3, -0.25) is 9.78 Å². The molecule has 2 aromatic heterocycles. The summed E-state index contributed by atoms with van der Waals surface area (Å²) in [4.78, 5) is 30.1. The van der Waals surface area contributed by atoms with Gasteiger partial charge in [0.15, 0.2) is 5.82 Å². The highest BCUT2D eigenvalue weighted by atomic mass is 16.5. The van der Waals surface area contributed by atoms with Crippen molar-refractivity contribution in [1.29, 1.82) is 0 Å². The first-order valence-electron chi connectivity index (χ1n) is 9.60. The quantitative estimate of drug-likeness (QED) is 0.847. The second-order valence-electron chi connectivity index (χ2n) is 7.68. The van der Waals surface area contributed by atoms with Crippen molar-refractivity contribution in [1.82, 2.24) is 15.0 Å². The van der Waals surface area contributed by atoms with Crippen molar-refractivity contribution in [2.45, 2.75) is 46.2 Å². The summed E-state index contributed by atoms with van der Waals surface area (Å²) in [5.74, 6) is 2.32. The summed E-state index contributed by atoms with van der Waals surface area (Å²) in [6, 6.07) is -0.367. The smallest absolute Gasteiger partial charge is 0.249 e. The highest BCUT2D eigenvalue weighted by Gasteiger charge is 2.39. The molecule has 1 amide bonds.